The van der Waals surface area contributed by atoms with Crippen molar-refractivity contribution >= 4 is 33.0 Å². The summed E-state index contributed by atoms with van der Waals surface area (Å²) in [6.45, 7) is -0.110. The molecule has 126 valence electrons. The van der Waals surface area contributed by atoms with Gasteiger partial charge in [-0.3, -0.25) is 0 Å². The van der Waals surface area contributed by atoms with Crippen LogP contribution in [-0.4, -0.2) is 25.7 Å². The van der Waals surface area contributed by atoms with Crippen LogP contribution >= 0.6 is 22.9 Å². The van der Waals surface area contributed by atoms with Crippen LogP contribution < -0.4 is 9.46 Å². The SMILES string of the molecule is COc1ccc(-c2nnc(CNS(=O)(=O)c3ccc(Cl)s3)o2)cc1. The molecule has 24 heavy (non-hydrogen) atoms. The summed E-state index contributed by atoms with van der Waals surface area (Å²) in [6, 6.07) is 10.0. The van der Waals surface area contributed by atoms with E-state index in [1.807, 2.05) is 0 Å². The fourth-order valence-electron chi connectivity index (χ4n) is 1.85. The van der Waals surface area contributed by atoms with Gasteiger partial charge in [0, 0.05) is 5.56 Å². The highest BCUT2D eigenvalue weighted by atomic mass is 35.5. The number of rotatable bonds is 6. The van der Waals surface area contributed by atoms with E-state index in [4.69, 9.17) is 20.8 Å². The summed E-state index contributed by atoms with van der Waals surface area (Å²) in [5.41, 5.74) is 0.711. The summed E-state index contributed by atoms with van der Waals surface area (Å²) in [7, 11) is -2.09. The minimum absolute atomic E-state index is 0.110. The van der Waals surface area contributed by atoms with Gasteiger partial charge in [-0.05, 0) is 36.4 Å². The fraction of sp³-hybridized carbons (Fsp3) is 0.143. The molecule has 3 rings (SSSR count). The Kier molecular flexibility index (Phi) is 4.86. The van der Waals surface area contributed by atoms with E-state index in [2.05, 4.69) is 14.9 Å². The van der Waals surface area contributed by atoms with Crippen LogP contribution in [0.2, 0.25) is 4.34 Å². The topological polar surface area (TPSA) is 94.3 Å². The molecule has 0 aliphatic carbocycles. The number of thiophene rings is 1. The number of hydrogen-bond acceptors (Lipinski definition) is 7. The summed E-state index contributed by atoms with van der Waals surface area (Å²) in [5.74, 6) is 1.17. The maximum Gasteiger partial charge on any atom is 0.250 e. The first-order chi connectivity index (χ1) is 11.5. The van der Waals surface area contributed by atoms with E-state index < -0.39 is 10.0 Å². The molecule has 3 aromatic rings. The first kappa shape index (κ1) is 16.9. The number of methoxy groups -OCH3 is 1. The highest BCUT2D eigenvalue weighted by molar-refractivity contribution is 7.91. The van der Waals surface area contributed by atoms with Gasteiger partial charge in [0.15, 0.2) is 0 Å². The summed E-state index contributed by atoms with van der Waals surface area (Å²) >= 11 is 6.72. The van der Waals surface area contributed by atoms with Gasteiger partial charge in [-0.25, -0.2) is 13.1 Å². The summed E-state index contributed by atoms with van der Waals surface area (Å²) in [5, 5.41) is 7.75. The number of benzene rings is 1. The number of ether oxygens (including phenoxy) is 1. The summed E-state index contributed by atoms with van der Waals surface area (Å²) in [4.78, 5) is 0. The Morgan fingerprint density at radius 2 is 1.96 bits per heavy atom. The van der Waals surface area contributed by atoms with Crippen molar-refractivity contribution in [2.45, 2.75) is 10.8 Å². The molecule has 7 nitrogen and oxygen atoms in total. The third-order valence-corrected chi connectivity index (χ3v) is 6.15. The third-order valence-electron chi connectivity index (χ3n) is 3.03. The Hall–Kier alpha value is -1.94. The van der Waals surface area contributed by atoms with Crippen molar-refractivity contribution in [3.8, 4) is 17.2 Å². The van der Waals surface area contributed by atoms with Crippen LogP contribution in [0, 0.1) is 0 Å². The minimum atomic E-state index is -3.66. The molecule has 0 radical (unpaired) electrons. The van der Waals surface area contributed by atoms with Crippen LogP contribution in [0.15, 0.2) is 45.0 Å². The third kappa shape index (κ3) is 3.75. The molecule has 1 N–H and O–H groups in total. The van der Waals surface area contributed by atoms with Crippen LogP contribution in [-0.2, 0) is 16.6 Å². The number of nitrogens with one attached hydrogen (secondary N) is 1. The van der Waals surface area contributed by atoms with Gasteiger partial charge in [-0.15, -0.1) is 21.5 Å². The highest BCUT2D eigenvalue weighted by Crippen LogP contribution is 2.25. The average Bonchev–Trinajstić information content (AvgIpc) is 3.22. The minimum Gasteiger partial charge on any atom is -0.497 e. The Morgan fingerprint density at radius 1 is 1.21 bits per heavy atom. The van der Waals surface area contributed by atoms with Crippen LogP contribution in [0.1, 0.15) is 5.89 Å². The maximum atomic E-state index is 12.1. The lowest BCUT2D eigenvalue weighted by atomic mass is 10.2. The Morgan fingerprint density at radius 3 is 2.58 bits per heavy atom. The molecule has 0 saturated carbocycles. The smallest absolute Gasteiger partial charge is 0.250 e. The standard InChI is InChI=1S/C14H12ClN3O4S2/c1-21-10-4-2-9(3-5-10)14-18-17-12(22-14)8-16-24(19,20)13-7-6-11(15)23-13/h2-7,16H,8H2,1H3. The second kappa shape index (κ2) is 6.89. The van der Waals surface area contributed by atoms with Crippen molar-refractivity contribution in [2.75, 3.05) is 7.11 Å². The first-order valence-corrected chi connectivity index (χ1v) is 9.37. The van der Waals surface area contributed by atoms with E-state index in [9.17, 15) is 8.42 Å². The largest absolute Gasteiger partial charge is 0.497 e. The molecule has 0 unspecified atom stereocenters. The molecular weight excluding hydrogens is 374 g/mol. The van der Waals surface area contributed by atoms with E-state index in [0.29, 0.717) is 21.5 Å². The highest BCUT2D eigenvalue weighted by Gasteiger charge is 2.18. The second-order valence-electron chi connectivity index (χ2n) is 4.61. The molecule has 0 aliphatic rings. The molecule has 0 fully saturated rings. The summed E-state index contributed by atoms with van der Waals surface area (Å²) in [6.07, 6.45) is 0. The maximum absolute atomic E-state index is 12.1. The van der Waals surface area contributed by atoms with Crippen molar-refractivity contribution in [2.24, 2.45) is 0 Å². The van der Waals surface area contributed by atoms with E-state index in [0.717, 1.165) is 11.3 Å². The molecular formula is C14H12ClN3O4S2. The number of sulfonamides is 1. The van der Waals surface area contributed by atoms with Gasteiger partial charge in [-0.1, -0.05) is 11.6 Å². The zero-order valence-electron chi connectivity index (χ0n) is 12.4. The monoisotopic (exact) mass is 385 g/mol. The number of aromatic nitrogens is 2. The predicted molar refractivity (Wildman–Crippen MR) is 89.6 cm³/mol. The van der Waals surface area contributed by atoms with E-state index in [-0.39, 0.29) is 16.6 Å². The predicted octanol–water partition coefficient (Wildman–Crippen LogP) is 2.94. The van der Waals surface area contributed by atoms with Crippen molar-refractivity contribution < 1.29 is 17.6 Å². The Balaban J connectivity index is 1.69. The molecule has 0 atom stereocenters. The van der Waals surface area contributed by atoms with E-state index in [1.54, 1.807) is 31.4 Å². The molecule has 10 heteroatoms. The Bertz CT molecular complexity index is 935. The molecule has 1 aromatic carbocycles. The average molecular weight is 386 g/mol. The van der Waals surface area contributed by atoms with Crippen LogP contribution in [0.25, 0.3) is 11.5 Å². The number of halogens is 1. The zero-order valence-corrected chi connectivity index (χ0v) is 14.8. The van der Waals surface area contributed by atoms with Gasteiger partial charge in [0.2, 0.25) is 11.8 Å². The lowest BCUT2D eigenvalue weighted by molar-refractivity contribution is 0.415. The fourth-order valence-corrected chi connectivity index (χ4v) is 4.35. The van der Waals surface area contributed by atoms with Crippen LogP contribution in [0.5, 0.6) is 5.75 Å². The molecule has 0 bridgehead atoms. The van der Waals surface area contributed by atoms with Crippen molar-refractivity contribution in [1.82, 2.24) is 14.9 Å². The second-order valence-corrected chi connectivity index (χ2v) is 8.32. The van der Waals surface area contributed by atoms with Gasteiger partial charge < -0.3 is 9.15 Å². The molecule has 0 saturated heterocycles. The summed E-state index contributed by atoms with van der Waals surface area (Å²) < 4.78 is 37.7. The Labute approximate surface area is 147 Å². The normalized spacial score (nSPS) is 11.6. The molecule has 0 aliphatic heterocycles. The lowest BCUT2D eigenvalue weighted by Crippen LogP contribution is -2.22. The molecule has 2 heterocycles. The van der Waals surface area contributed by atoms with E-state index in [1.165, 1.54) is 12.1 Å². The van der Waals surface area contributed by atoms with Crippen molar-refractivity contribution in [1.29, 1.82) is 0 Å². The van der Waals surface area contributed by atoms with Crippen LogP contribution in [0.4, 0.5) is 0 Å². The quantitative estimate of drug-likeness (QED) is 0.701. The van der Waals surface area contributed by atoms with Gasteiger partial charge >= 0.3 is 0 Å². The molecule has 0 amide bonds. The molecule has 2 aromatic heterocycles. The van der Waals surface area contributed by atoms with Gasteiger partial charge in [0.1, 0.15) is 9.96 Å². The zero-order chi connectivity index (χ0) is 17.2. The first-order valence-electron chi connectivity index (χ1n) is 6.70. The number of hydrogen-bond donors (Lipinski definition) is 1. The van der Waals surface area contributed by atoms with Crippen molar-refractivity contribution in [3.05, 3.63) is 46.6 Å². The van der Waals surface area contributed by atoms with Gasteiger partial charge in [0.05, 0.1) is 18.0 Å². The van der Waals surface area contributed by atoms with Gasteiger partial charge in [-0.2, -0.15) is 0 Å². The van der Waals surface area contributed by atoms with Gasteiger partial charge in [0.25, 0.3) is 10.0 Å². The van der Waals surface area contributed by atoms with Crippen LogP contribution in [0.3, 0.4) is 0 Å². The lowest BCUT2D eigenvalue weighted by Gasteiger charge is -2.01. The van der Waals surface area contributed by atoms with E-state index >= 15 is 0 Å². The molecule has 0 spiro atoms. The number of nitrogens with zero attached hydrogens (tertiary/aromatic N) is 2. The van der Waals surface area contributed by atoms with Crippen molar-refractivity contribution in [3.63, 3.8) is 0 Å².